The van der Waals surface area contributed by atoms with E-state index in [0.717, 1.165) is 0 Å². The van der Waals surface area contributed by atoms with Gasteiger partial charge in [0.1, 0.15) is 12.4 Å². The van der Waals surface area contributed by atoms with E-state index < -0.39 is 5.97 Å². The minimum absolute atomic E-state index is 0.0614. The average molecular weight is 386 g/mol. The summed E-state index contributed by atoms with van der Waals surface area (Å²) < 4.78 is 11.1. The standard InChI is InChI=1S/C17H24ClN3O5/c1-20(12-16(22)23)10-15-11-21(7-9-26-15)17(24)19-6-8-25-14-4-2-13(18)3-5-14/h2-5,15H,6-12H2,1H3,(H,19,24)(H,22,23). The highest BCUT2D eigenvalue weighted by Gasteiger charge is 2.25. The van der Waals surface area contributed by atoms with Crippen LogP contribution in [0, 0.1) is 0 Å². The van der Waals surface area contributed by atoms with Crippen molar-refractivity contribution in [3.63, 3.8) is 0 Å². The van der Waals surface area contributed by atoms with Gasteiger partial charge in [0.15, 0.2) is 0 Å². The molecule has 2 N–H and O–H groups in total. The number of rotatable bonds is 8. The zero-order valence-electron chi connectivity index (χ0n) is 14.7. The number of carboxylic acid groups (broad SMARTS) is 1. The number of morpholine rings is 1. The molecule has 1 atom stereocenters. The van der Waals surface area contributed by atoms with Crippen molar-refractivity contribution in [2.45, 2.75) is 6.10 Å². The minimum Gasteiger partial charge on any atom is -0.492 e. The molecule has 144 valence electrons. The molecule has 0 spiro atoms. The molecule has 9 heteroatoms. The molecule has 0 aliphatic carbocycles. The molecule has 1 aromatic rings. The zero-order valence-corrected chi connectivity index (χ0v) is 15.4. The van der Waals surface area contributed by atoms with E-state index in [2.05, 4.69) is 5.32 Å². The largest absolute Gasteiger partial charge is 0.492 e. The van der Waals surface area contributed by atoms with E-state index in [4.69, 9.17) is 26.2 Å². The molecule has 1 heterocycles. The van der Waals surface area contributed by atoms with Gasteiger partial charge in [-0.05, 0) is 31.3 Å². The summed E-state index contributed by atoms with van der Waals surface area (Å²) >= 11 is 5.81. The Morgan fingerprint density at radius 1 is 1.42 bits per heavy atom. The van der Waals surface area contributed by atoms with Gasteiger partial charge in [-0.2, -0.15) is 0 Å². The Balaban J connectivity index is 1.67. The first-order valence-electron chi connectivity index (χ1n) is 8.37. The molecule has 1 saturated heterocycles. The summed E-state index contributed by atoms with van der Waals surface area (Å²) in [5.41, 5.74) is 0. The molecule has 0 radical (unpaired) electrons. The van der Waals surface area contributed by atoms with Crippen LogP contribution in [0.5, 0.6) is 5.75 Å². The summed E-state index contributed by atoms with van der Waals surface area (Å²) in [4.78, 5) is 26.3. The number of nitrogens with one attached hydrogen (secondary N) is 1. The van der Waals surface area contributed by atoms with Gasteiger partial charge in [-0.15, -0.1) is 0 Å². The van der Waals surface area contributed by atoms with E-state index in [0.29, 0.717) is 50.2 Å². The number of urea groups is 1. The highest BCUT2D eigenvalue weighted by Crippen LogP contribution is 2.15. The summed E-state index contributed by atoms with van der Waals surface area (Å²) in [5, 5.41) is 12.2. The number of likely N-dealkylation sites (N-methyl/N-ethyl adjacent to an activating group) is 1. The van der Waals surface area contributed by atoms with Crippen LogP contribution in [0.2, 0.25) is 5.02 Å². The molecule has 2 rings (SSSR count). The number of hydrogen-bond acceptors (Lipinski definition) is 5. The highest BCUT2D eigenvalue weighted by atomic mass is 35.5. The first-order chi connectivity index (χ1) is 12.4. The van der Waals surface area contributed by atoms with Crippen LogP contribution in [0.4, 0.5) is 4.79 Å². The molecule has 0 bridgehead atoms. The maximum atomic E-state index is 12.2. The van der Waals surface area contributed by atoms with Crippen molar-refractivity contribution in [3.8, 4) is 5.75 Å². The Labute approximate surface area is 157 Å². The lowest BCUT2D eigenvalue weighted by Crippen LogP contribution is -2.52. The van der Waals surface area contributed by atoms with Gasteiger partial charge in [-0.3, -0.25) is 9.69 Å². The van der Waals surface area contributed by atoms with E-state index in [1.165, 1.54) is 0 Å². The van der Waals surface area contributed by atoms with Crippen LogP contribution in [0.3, 0.4) is 0 Å². The number of benzene rings is 1. The lowest BCUT2D eigenvalue weighted by molar-refractivity contribution is -0.138. The molecule has 2 amide bonds. The number of aliphatic carboxylic acids is 1. The van der Waals surface area contributed by atoms with Crippen molar-refractivity contribution >= 4 is 23.6 Å². The Kier molecular flexibility index (Phi) is 7.96. The van der Waals surface area contributed by atoms with Crippen LogP contribution in [0.1, 0.15) is 0 Å². The van der Waals surface area contributed by atoms with E-state index >= 15 is 0 Å². The average Bonchev–Trinajstić information content (AvgIpc) is 2.59. The van der Waals surface area contributed by atoms with Crippen molar-refractivity contribution in [3.05, 3.63) is 29.3 Å². The maximum absolute atomic E-state index is 12.2. The topological polar surface area (TPSA) is 91.3 Å². The van der Waals surface area contributed by atoms with Crippen molar-refractivity contribution in [2.24, 2.45) is 0 Å². The van der Waals surface area contributed by atoms with Gasteiger partial charge in [0.2, 0.25) is 0 Å². The molecule has 8 nitrogen and oxygen atoms in total. The molecule has 0 saturated carbocycles. The summed E-state index contributed by atoms with van der Waals surface area (Å²) in [6.45, 7) is 2.48. The Morgan fingerprint density at radius 2 is 2.15 bits per heavy atom. The predicted octanol–water partition coefficient (Wildman–Crippen LogP) is 1.15. The molecular formula is C17H24ClN3O5. The second-order valence-corrected chi connectivity index (χ2v) is 6.50. The number of amides is 2. The minimum atomic E-state index is -0.890. The third-order valence-electron chi connectivity index (χ3n) is 3.81. The second kappa shape index (κ2) is 10.2. The lowest BCUT2D eigenvalue weighted by Gasteiger charge is -2.34. The Morgan fingerprint density at radius 3 is 2.85 bits per heavy atom. The summed E-state index contributed by atoms with van der Waals surface area (Å²) in [6, 6.07) is 6.84. The smallest absolute Gasteiger partial charge is 0.317 e. The van der Waals surface area contributed by atoms with Crippen LogP contribution >= 0.6 is 11.6 Å². The van der Waals surface area contributed by atoms with Crippen molar-refractivity contribution in [1.29, 1.82) is 0 Å². The molecule has 1 unspecified atom stereocenters. The molecular weight excluding hydrogens is 362 g/mol. The fourth-order valence-electron chi connectivity index (χ4n) is 2.63. The van der Waals surface area contributed by atoms with Gasteiger partial charge in [0, 0.05) is 24.7 Å². The van der Waals surface area contributed by atoms with E-state index in [9.17, 15) is 9.59 Å². The van der Waals surface area contributed by atoms with E-state index in [-0.39, 0.29) is 18.7 Å². The fourth-order valence-corrected chi connectivity index (χ4v) is 2.75. The van der Waals surface area contributed by atoms with Gasteiger partial charge < -0.3 is 24.8 Å². The maximum Gasteiger partial charge on any atom is 0.317 e. The monoisotopic (exact) mass is 385 g/mol. The third kappa shape index (κ3) is 7.07. The number of carbonyl (C=O) groups is 2. The zero-order chi connectivity index (χ0) is 18.9. The van der Waals surface area contributed by atoms with Crippen molar-refractivity contribution in [2.75, 3.05) is 53.0 Å². The van der Waals surface area contributed by atoms with E-state index in [1.54, 1.807) is 41.1 Å². The normalized spacial score (nSPS) is 17.2. The third-order valence-corrected chi connectivity index (χ3v) is 4.06. The van der Waals surface area contributed by atoms with Crippen LogP contribution in [0.25, 0.3) is 0 Å². The number of nitrogens with zero attached hydrogens (tertiary/aromatic N) is 2. The predicted molar refractivity (Wildman–Crippen MR) is 96.8 cm³/mol. The van der Waals surface area contributed by atoms with E-state index in [1.807, 2.05) is 0 Å². The van der Waals surface area contributed by atoms with Crippen LogP contribution in [-0.4, -0.2) is 86.0 Å². The number of ether oxygens (including phenoxy) is 2. The summed E-state index contributed by atoms with van der Waals surface area (Å²) in [5.74, 6) is -0.199. The first kappa shape index (κ1) is 20.3. The number of hydrogen-bond donors (Lipinski definition) is 2. The number of carboxylic acids is 1. The Bertz CT molecular complexity index is 599. The molecule has 1 aromatic carbocycles. The second-order valence-electron chi connectivity index (χ2n) is 6.06. The van der Waals surface area contributed by atoms with Gasteiger partial charge in [-0.25, -0.2) is 4.79 Å². The molecule has 26 heavy (non-hydrogen) atoms. The molecule has 1 aliphatic heterocycles. The van der Waals surface area contributed by atoms with Gasteiger partial charge in [-0.1, -0.05) is 11.6 Å². The Hall–Kier alpha value is -2.03. The molecule has 1 fully saturated rings. The van der Waals surface area contributed by atoms with Crippen LogP contribution in [-0.2, 0) is 9.53 Å². The quantitative estimate of drug-likeness (QED) is 0.652. The SMILES string of the molecule is CN(CC(=O)O)CC1CN(C(=O)NCCOc2ccc(Cl)cc2)CCO1. The van der Waals surface area contributed by atoms with Gasteiger partial charge in [0.25, 0.3) is 0 Å². The van der Waals surface area contributed by atoms with Gasteiger partial charge >= 0.3 is 12.0 Å². The lowest BCUT2D eigenvalue weighted by atomic mass is 10.2. The molecule has 0 aromatic heterocycles. The van der Waals surface area contributed by atoms with Crippen LogP contribution < -0.4 is 10.1 Å². The van der Waals surface area contributed by atoms with Gasteiger partial charge in [0.05, 0.1) is 25.8 Å². The first-order valence-corrected chi connectivity index (χ1v) is 8.75. The molecule has 1 aliphatic rings. The van der Waals surface area contributed by atoms with Crippen LogP contribution in [0.15, 0.2) is 24.3 Å². The number of halogens is 1. The summed E-state index contributed by atoms with van der Waals surface area (Å²) in [6.07, 6.45) is -0.204. The van der Waals surface area contributed by atoms with Crippen molar-refractivity contribution in [1.82, 2.24) is 15.1 Å². The number of carbonyl (C=O) groups excluding carboxylic acids is 1. The fraction of sp³-hybridized carbons (Fsp3) is 0.529. The van der Waals surface area contributed by atoms with Crippen molar-refractivity contribution < 1.29 is 24.2 Å². The highest BCUT2D eigenvalue weighted by molar-refractivity contribution is 6.30. The summed E-state index contributed by atoms with van der Waals surface area (Å²) in [7, 11) is 1.71.